The second-order valence-corrected chi connectivity index (χ2v) is 5.40. The topological polar surface area (TPSA) is 28.4 Å². The Morgan fingerprint density at radius 1 is 1.39 bits per heavy atom. The van der Waals surface area contributed by atoms with Gasteiger partial charge in [-0.05, 0) is 38.9 Å². The SMILES string of the molecule is CCCNCc1ccoc1CN(C)C1CCCC1. The van der Waals surface area contributed by atoms with E-state index in [1.54, 1.807) is 0 Å². The summed E-state index contributed by atoms with van der Waals surface area (Å²) in [4.78, 5) is 2.45. The Hall–Kier alpha value is -0.800. The summed E-state index contributed by atoms with van der Waals surface area (Å²) in [6.45, 7) is 5.14. The predicted molar refractivity (Wildman–Crippen MR) is 74.4 cm³/mol. The van der Waals surface area contributed by atoms with Crippen LogP contribution < -0.4 is 5.32 Å². The van der Waals surface area contributed by atoms with Crippen LogP contribution in [0.5, 0.6) is 0 Å². The zero-order valence-electron chi connectivity index (χ0n) is 11.7. The molecule has 0 spiro atoms. The molecule has 1 aromatic rings. The molecule has 0 atom stereocenters. The molecule has 1 aliphatic rings. The van der Waals surface area contributed by atoms with Crippen molar-refractivity contribution >= 4 is 0 Å². The van der Waals surface area contributed by atoms with Crippen LogP contribution in [-0.2, 0) is 13.1 Å². The largest absolute Gasteiger partial charge is 0.468 e. The molecule has 0 saturated heterocycles. The highest BCUT2D eigenvalue weighted by atomic mass is 16.3. The van der Waals surface area contributed by atoms with Crippen LogP contribution in [0.1, 0.15) is 50.4 Å². The van der Waals surface area contributed by atoms with E-state index in [0.717, 1.165) is 31.4 Å². The molecule has 1 fully saturated rings. The fourth-order valence-electron chi connectivity index (χ4n) is 2.76. The smallest absolute Gasteiger partial charge is 0.122 e. The lowest BCUT2D eigenvalue weighted by Crippen LogP contribution is -2.29. The van der Waals surface area contributed by atoms with Crippen molar-refractivity contribution in [3.05, 3.63) is 23.7 Å². The lowest BCUT2D eigenvalue weighted by molar-refractivity contribution is 0.218. The monoisotopic (exact) mass is 250 g/mol. The van der Waals surface area contributed by atoms with Crippen LogP contribution in [0.15, 0.2) is 16.7 Å². The van der Waals surface area contributed by atoms with Crippen LogP contribution in [-0.4, -0.2) is 24.5 Å². The van der Waals surface area contributed by atoms with Crippen molar-refractivity contribution in [2.45, 2.75) is 58.2 Å². The zero-order valence-corrected chi connectivity index (χ0v) is 11.7. The average Bonchev–Trinajstić information content (AvgIpc) is 3.01. The highest BCUT2D eigenvalue weighted by molar-refractivity contribution is 5.16. The van der Waals surface area contributed by atoms with E-state index >= 15 is 0 Å². The van der Waals surface area contributed by atoms with E-state index in [1.165, 1.54) is 37.7 Å². The molecule has 1 heterocycles. The van der Waals surface area contributed by atoms with E-state index in [-0.39, 0.29) is 0 Å². The van der Waals surface area contributed by atoms with Gasteiger partial charge < -0.3 is 9.73 Å². The van der Waals surface area contributed by atoms with Gasteiger partial charge in [0.05, 0.1) is 12.8 Å². The standard InChI is InChI=1S/C15H26N2O/c1-3-9-16-11-13-8-10-18-15(13)12-17(2)14-6-4-5-7-14/h8,10,14,16H,3-7,9,11-12H2,1-2H3. The first-order chi connectivity index (χ1) is 8.81. The van der Waals surface area contributed by atoms with E-state index in [1.807, 2.05) is 6.26 Å². The molecule has 0 aromatic carbocycles. The van der Waals surface area contributed by atoms with E-state index < -0.39 is 0 Å². The van der Waals surface area contributed by atoms with Gasteiger partial charge in [0.2, 0.25) is 0 Å². The fourth-order valence-corrected chi connectivity index (χ4v) is 2.76. The molecule has 18 heavy (non-hydrogen) atoms. The Bertz CT molecular complexity index is 342. The fraction of sp³-hybridized carbons (Fsp3) is 0.733. The number of nitrogens with one attached hydrogen (secondary N) is 1. The van der Waals surface area contributed by atoms with Crippen molar-refractivity contribution < 1.29 is 4.42 Å². The third kappa shape index (κ3) is 3.59. The highest BCUT2D eigenvalue weighted by Crippen LogP contribution is 2.24. The molecular formula is C15H26N2O. The first kappa shape index (κ1) is 13.6. The maximum Gasteiger partial charge on any atom is 0.122 e. The Balaban J connectivity index is 1.86. The molecule has 1 aliphatic carbocycles. The first-order valence-electron chi connectivity index (χ1n) is 7.27. The third-order valence-corrected chi connectivity index (χ3v) is 3.92. The van der Waals surface area contributed by atoms with Gasteiger partial charge in [-0.2, -0.15) is 0 Å². The van der Waals surface area contributed by atoms with Gasteiger partial charge in [0.15, 0.2) is 0 Å². The third-order valence-electron chi connectivity index (χ3n) is 3.92. The summed E-state index contributed by atoms with van der Waals surface area (Å²) in [6, 6.07) is 2.85. The minimum absolute atomic E-state index is 0.756. The van der Waals surface area contributed by atoms with Gasteiger partial charge in [-0.3, -0.25) is 4.90 Å². The van der Waals surface area contributed by atoms with Crippen LogP contribution in [0.3, 0.4) is 0 Å². The molecule has 102 valence electrons. The lowest BCUT2D eigenvalue weighted by atomic mass is 10.2. The summed E-state index contributed by atoms with van der Waals surface area (Å²) < 4.78 is 5.64. The molecule has 2 rings (SSSR count). The molecule has 3 nitrogen and oxygen atoms in total. The van der Waals surface area contributed by atoms with E-state index in [9.17, 15) is 0 Å². The predicted octanol–water partition coefficient (Wildman–Crippen LogP) is 3.15. The summed E-state index contributed by atoms with van der Waals surface area (Å²) >= 11 is 0. The van der Waals surface area contributed by atoms with Crippen LogP contribution in [0.25, 0.3) is 0 Å². The molecular weight excluding hydrogens is 224 g/mol. The number of furan rings is 1. The molecule has 1 N–H and O–H groups in total. The zero-order chi connectivity index (χ0) is 12.8. The van der Waals surface area contributed by atoms with Crippen molar-refractivity contribution in [1.82, 2.24) is 10.2 Å². The number of hydrogen-bond acceptors (Lipinski definition) is 3. The molecule has 0 amide bonds. The van der Waals surface area contributed by atoms with Crippen molar-refractivity contribution in [2.24, 2.45) is 0 Å². The maximum atomic E-state index is 5.64. The minimum Gasteiger partial charge on any atom is -0.468 e. The molecule has 0 unspecified atom stereocenters. The van der Waals surface area contributed by atoms with Crippen LogP contribution in [0.2, 0.25) is 0 Å². The molecule has 1 aromatic heterocycles. The molecule has 3 heteroatoms. The average molecular weight is 250 g/mol. The van der Waals surface area contributed by atoms with Gasteiger partial charge in [0, 0.05) is 18.2 Å². The van der Waals surface area contributed by atoms with Gasteiger partial charge in [0.1, 0.15) is 5.76 Å². The number of nitrogens with zero attached hydrogens (tertiary/aromatic N) is 1. The van der Waals surface area contributed by atoms with Crippen LogP contribution >= 0.6 is 0 Å². The van der Waals surface area contributed by atoms with Crippen LogP contribution in [0, 0.1) is 0 Å². The Morgan fingerprint density at radius 3 is 2.89 bits per heavy atom. The molecule has 0 aliphatic heterocycles. The van der Waals surface area contributed by atoms with E-state index in [0.29, 0.717) is 0 Å². The lowest BCUT2D eigenvalue weighted by Gasteiger charge is -2.23. The second kappa shape index (κ2) is 6.95. The second-order valence-electron chi connectivity index (χ2n) is 5.40. The highest BCUT2D eigenvalue weighted by Gasteiger charge is 2.21. The van der Waals surface area contributed by atoms with E-state index in [2.05, 4.69) is 30.3 Å². The van der Waals surface area contributed by atoms with E-state index in [4.69, 9.17) is 4.42 Å². The quantitative estimate of drug-likeness (QED) is 0.754. The van der Waals surface area contributed by atoms with Gasteiger partial charge in [0.25, 0.3) is 0 Å². The summed E-state index contributed by atoms with van der Waals surface area (Å²) in [5, 5.41) is 3.44. The number of hydrogen-bond donors (Lipinski definition) is 1. The van der Waals surface area contributed by atoms with Crippen LogP contribution in [0.4, 0.5) is 0 Å². The Kier molecular flexibility index (Phi) is 5.26. The normalized spacial score (nSPS) is 16.8. The van der Waals surface area contributed by atoms with Gasteiger partial charge in [-0.1, -0.05) is 19.8 Å². The molecule has 0 bridgehead atoms. The van der Waals surface area contributed by atoms with Gasteiger partial charge in [-0.15, -0.1) is 0 Å². The van der Waals surface area contributed by atoms with Crippen molar-refractivity contribution in [2.75, 3.05) is 13.6 Å². The Labute approximate surface area is 111 Å². The maximum absolute atomic E-state index is 5.64. The molecule has 0 radical (unpaired) electrons. The summed E-state index contributed by atoms with van der Waals surface area (Å²) in [5.41, 5.74) is 1.31. The summed E-state index contributed by atoms with van der Waals surface area (Å²) in [7, 11) is 2.22. The number of rotatable bonds is 7. The van der Waals surface area contributed by atoms with Crippen molar-refractivity contribution in [3.8, 4) is 0 Å². The summed E-state index contributed by atoms with van der Waals surface area (Å²) in [5.74, 6) is 1.13. The minimum atomic E-state index is 0.756. The van der Waals surface area contributed by atoms with Crippen molar-refractivity contribution in [3.63, 3.8) is 0 Å². The first-order valence-corrected chi connectivity index (χ1v) is 7.27. The van der Waals surface area contributed by atoms with Gasteiger partial charge in [-0.25, -0.2) is 0 Å². The Morgan fingerprint density at radius 2 is 2.17 bits per heavy atom. The van der Waals surface area contributed by atoms with Gasteiger partial charge >= 0.3 is 0 Å². The van der Waals surface area contributed by atoms with Crippen molar-refractivity contribution in [1.29, 1.82) is 0 Å². The summed E-state index contributed by atoms with van der Waals surface area (Å²) in [6.07, 6.45) is 8.47. The molecule has 1 saturated carbocycles.